The molecule has 0 unspecified atom stereocenters. The Balaban J connectivity index is 2.35. The Hall–Kier alpha value is -2.87. The maximum Gasteiger partial charge on any atom is 0.335 e. The third-order valence-electron chi connectivity index (χ3n) is 4.37. The number of aromatic nitrogens is 2. The van der Waals surface area contributed by atoms with Crippen molar-refractivity contribution in [2.45, 2.75) is 52.4 Å². The van der Waals surface area contributed by atoms with E-state index >= 15 is 0 Å². The minimum Gasteiger partial charge on any atom is -0.493 e. The van der Waals surface area contributed by atoms with Crippen molar-refractivity contribution in [1.82, 2.24) is 15.0 Å². The van der Waals surface area contributed by atoms with E-state index in [4.69, 9.17) is 11.6 Å². The normalized spacial score (nSPS) is 11.5. The molecule has 0 saturated carbocycles. The number of amides is 1. The third-order valence-corrected chi connectivity index (χ3v) is 4.62. The van der Waals surface area contributed by atoms with E-state index in [-0.39, 0.29) is 23.6 Å². The van der Waals surface area contributed by atoms with E-state index in [1.807, 2.05) is 0 Å². The number of carbonyl (C=O) groups excluding carboxylic acids is 1. The third kappa shape index (κ3) is 5.80. The largest absolute Gasteiger partial charge is 0.493 e. The molecule has 2 aromatic rings. The van der Waals surface area contributed by atoms with Gasteiger partial charge in [0.1, 0.15) is 5.56 Å². The number of aromatic hydroxyl groups is 1. The van der Waals surface area contributed by atoms with E-state index in [1.165, 1.54) is 12.1 Å². The van der Waals surface area contributed by atoms with Crippen molar-refractivity contribution in [1.29, 1.82) is 0 Å². The zero-order valence-electron chi connectivity index (χ0n) is 16.5. The number of hydrazone groups is 1. The lowest BCUT2D eigenvalue weighted by Gasteiger charge is -2.12. The highest BCUT2D eigenvalue weighted by Gasteiger charge is 2.19. The predicted molar refractivity (Wildman–Crippen MR) is 113 cm³/mol. The molecule has 3 N–H and O–H groups in total. The summed E-state index contributed by atoms with van der Waals surface area (Å²) in [6.45, 7) is 3.81. The molecule has 0 spiro atoms. The predicted octanol–water partition coefficient (Wildman–Crippen LogP) is 3.09. The van der Waals surface area contributed by atoms with Crippen LogP contribution in [0.25, 0.3) is 5.69 Å². The van der Waals surface area contributed by atoms with Crippen LogP contribution in [0, 0.1) is 0 Å². The summed E-state index contributed by atoms with van der Waals surface area (Å²) < 4.78 is 0.949. The molecule has 1 heterocycles. The Morgan fingerprint density at radius 3 is 2.48 bits per heavy atom. The van der Waals surface area contributed by atoms with E-state index in [9.17, 15) is 19.5 Å². The molecular formula is C20H25ClN4O4. The van der Waals surface area contributed by atoms with Crippen LogP contribution in [0.2, 0.25) is 5.02 Å². The standard InChI is InChI=1S/C20H25ClN4O4/c1-3-5-6-7-8-16(26)24-23-15(4-2)17-18(27)22-20(29)25(19(17)28)14-11-9-13(21)10-12-14/h9-12,28H,3-8H2,1-2H3,(H,24,26)(H,22,27,29)/b23-15+. The van der Waals surface area contributed by atoms with E-state index < -0.39 is 17.1 Å². The van der Waals surface area contributed by atoms with Gasteiger partial charge in [0, 0.05) is 11.4 Å². The maximum atomic E-state index is 12.3. The number of benzene rings is 1. The van der Waals surface area contributed by atoms with E-state index in [1.54, 1.807) is 19.1 Å². The number of carbonyl (C=O) groups is 1. The van der Waals surface area contributed by atoms with Crippen molar-refractivity contribution in [3.05, 3.63) is 55.7 Å². The Labute approximate surface area is 173 Å². The molecule has 1 aromatic carbocycles. The first-order chi connectivity index (χ1) is 13.9. The summed E-state index contributed by atoms with van der Waals surface area (Å²) >= 11 is 5.87. The lowest BCUT2D eigenvalue weighted by molar-refractivity contribution is -0.121. The molecular weight excluding hydrogens is 396 g/mol. The van der Waals surface area contributed by atoms with E-state index in [2.05, 4.69) is 22.4 Å². The second-order valence-corrected chi connectivity index (χ2v) is 6.96. The number of aromatic amines is 1. The Morgan fingerprint density at radius 2 is 1.86 bits per heavy atom. The first-order valence-corrected chi connectivity index (χ1v) is 9.96. The molecule has 8 nitrogen and oxygen atoms in total. The summed E-state index contributed by atoms with van der Waals surface area (Å²) in [5.41, 5.74) is 1.16. The summed E-state index contributed by atoms with van der Waals surface area (Å²) in [6.07, 6.45) is 4.43. The minimum absolute atomic E-state index is 0.161. The molecule has 0 aliphatic rings. The van der Waals surface area contributed by atoms with Crippen molar-refractivity contribution in [3.8, 4) is 11.6 Å². The van der Waals surface area contributed by atoms with Gasteiger partial charge < -0.3 is 5.11 Å². The van der Waals surface area contributed by atoms with Crippen LogP contribution in [0.3, 0.4) is 0 Å². The number of halogens is 1. The zero-order valence-corrected chi connectivity index (χ0v) is 17.3. The van der Waals surface area contributed by atoms with Crippen molar-refractivity contribution in [2.24, 2.45) is 5.10 Å². The van der Waals surface area contributed by atoms with Gasteiger partial charge in [-0.05, 0) is 37.1 Å². The first kappa shape index (κ1) is 22.4. The summed E-state index contributed by atoms with van der Waals surface area (Å²) in [4.78, 5) is 38.7. The van der Waals surface area contributed by atoms with Gasteiger partial charge in [-0.2, -0.15) is 5.10 Å². The molecule has 156 valence electrons. The molecule has 0 aliphatic carbocycles. The number of hydrogen-bond acceptors (Lipinski definition) is 5. The van der Waals surface area contributed by atoms with Crippen molar-refractivity contribution in [2.75, 3.05) is 0 Å². The summed E-state index contributed by atoms with van der Waals surface area (Å²) in [7, 11) is 0. The molecule has 0 saturated heterocycles. The molecule has 1 aromatic heterocycles. The fraction of sp³-hybridized carbons (Fsp3) is 0.400. The number of unbranched alkanes of at least 4 members (excludes halogenated alkanes) is 3. The van der Waals surface area contributed by atoms with Gasteiger partial charge in [-0.1, -0.05) is 44.7 Å². The Kier molecular flexibility index (Phi) is 8.21. The number of nitrogens with one attached hydrogen (secondary N) is 2. The van der Waals surface area contributed by atoms with Gasteiger partial charge >= 0.3 is 5.69 Å². The average molecular weight is 421 g/mol. The van der Waals surface area contributed by atoms with E-state index in [0.29, 0.717) is 17.1 Å². The first-order valence-electron chi connectivity index (χ1n) is 9.59. The minimum atomic E-state index is -0.797. The van der Waals surface area contributed by atoms with Crippen molar-refractivity contribution >= 4 is 23.2 Å². The quantitative estimate of drug-likeness (QED) is 0.328. The topological polar surface area (TPSA) is 117 Å². The van der Waals surface area contributed by atoms with Crippen LogP contribution in [0.1, 0.15) is 57.9 Å². The van der Waals surface area contributed by atoms with E-state index in [0.717, 1.165) is 30.3 Å². The molecule has 9 heteroatoms. The molecule has 1 amide bonds. The van der Waals surface area contributed by atoms with Crippen LogP contribution in [0.5, 0.6) is 5.88 Å². The molecule has 2 rings (SSSR count). The second-order valence-electron chi connectivity index (χ2n) is 6.53. The molecule has 0 aliphatic heterocycles. The SMILES string of the molecule is CCCCCCC(=O)N/N=C(\CC)c1c(O)n(-c2ccc(Cl)cc2)c(=O)[nH]c1=O. The lowest BCUT2D eigenvalue weighted by Crippen LogP contribution is -2.33. The van der Waals surface area contributed by atoms with Crippen LogP contribution >= 0.6 is 11.6 Å². The lowest BCUT2D eigenvalue weighted by atomic mass is 10.1. The molecule has 0 atom stereocenters. The van der Waals surface area contributed by atoms with Crippen LogP contribution in [-0.2, 0) is 4.79 Å². The van der Waals surface area contributed by atoms with Gasteiger partial charge in [-0.25, -0.2) is 14.8 Å². The number of rotatable bonds is 9. The molecule has 0 bridgehead atoms. The Bertz CT molecular complexity index is 993. The van der Waals surface area contributed by atoms with Crippen LogP contribution in [0.15, 0.2) is 39.0 Å². The second kappa shape index (κ2) is 10.6. The summed E-state index contributed by atoms with van der Waals surface area (Å²) in [5.74, 6) is -0.826. The number of nitrogens with zero attached hydrogens (tertiary/aromatic N) is 2. The highest BCUT2D eigenvalue weighted by atomic mass is 35.5. The zero-order chi connectivity index (χ0) is 21.4. The highest BCUT2D eigenvalue weighted by molar-refractivity contribution is 6.30. The van der Waals surface area contributed by atoms with Gasteiger partial charge in [-0.3, -0.25) is 14.6 Å². The van der Waals surface area contributed by atoms with Crippen molar-refractivity contribution < 1.29 is 9.90 Å². The van der Waals surface area contributed by atoms with Gasteiger partial charge in [0.25, 0.3) is 5.56 Å². The maximum absolute atomic E-state index is 12.3. The molecule has 29 heavy (non-hydrogen) atoms. The van der Waals surface area contributed by atoms with Crippen molar-refractivity contribution in [3.63, 3.8) is 0 Å². The van der Waals surface area contributed by atoms with Crippen LogP contribution in [0.4, 0.5) is 0 Å². The van der Waals surface area contributed by atoms with Gasteiger partial charge in [0.05, 0.1) is 11.4 Å². The summed E-state index contributed by atoms with van der Waals surface area (Å²) in [6, 6.07) is 6.18. The average Bonchev–Trinajstić information content (AvgIpc) is 2.69. The molecule has 0 radical (unpaired) electrons. The fourth-order valence-electron chi connectivity index (χ4n) is 2.82. The summed E-state index contributed by atoms with van der Waals surface area (Å²) in [5, 5.41) is 15.1. The monoisotopic (exact) mass is 420 g/mol. The number of hydrogen-bond donors (Lipinski definition) is 3. The fourth-order valence-corrected chi connectivity index (χ4v) is 2.95. The van der Waals surface area contributed by atoms with Gasteiger partial charge in [0.15, 0.2) is 0 Å². The smallest absolute Gasteiger partial charge is 0.335 e. The molecule has 0 fully saturated rings. The number of H-pyrrole nitrogens is 1. The van der Waals surface area contributed by atoms with Gasteiger partial charge in [0.2, 0.25) is 11.8 Å². The van der Waals surface area contributed by atoms with Crippen LogP contribution in [-0.4, -0.2) is 26.3 Å². The van der Waals surface area contributed by atoms with Crippen LogP contribution < -0.4 is 16.7 Å². The van der Waals surface area contributed by atoms with Gasteiger partial charge in [-0.15, -0.1) is 0 Å². The Morgan fingerprint density at radius 1 is 1.17 bits per heavy atom. The highest BCUT2D eigenvalue weighted by Crippen LogP contribution is 2.19.